The predicted molar refractivity (Wildman–Crippen MR) is 298 cm³/mol. The largest absolute Gasteiger partial charge is 0.464 e. The number of halogens is 3. The van der Waals surface area contributed by atoms with Gasteiger partial charge in [0.1, 0.15) is 24.7 Å². The van der Waals surface area contributed by atoms with E-state index in [4.69, 9.17) is 19.4 Å². The van der Waals surface area contributed by atoms with Crippen LogP contribution in [-0.2, 0) is 48.0 Å². The van der Waals surface area contributed by atoms with Crippen molar-refractivity contribution < 1.29 is 41.8 Å². The summed E-state index contributed by atoms with van der Waals surface area (Å²) in [6.07, 6.45) is 4.39. The second-order valence-electron chi connectivity index (χ2n) is 25.6. The van der Waals surface area contributed by atoms with E-state index in [0.717, 1.165) is 44.7 Å². The highest BCUT2D eigenvalue weighted by Crippen LogP contribution is 2.46. The van der Waals surface area contributed by atoms with Crippen LogP contribution in [0.5, 0.6) is 0 Å². The summed E-state index contributed by atoms with van der Waals surface area (Å²) in [6, 6.07) is 5.82. The molecule has 0 radical (unpaired) electrons. The van der Waals surface area contributed by atoms with Gasteiger partial charge in [0.2, 0.25) is 11.8 Å². The molecule has 3 aromatic heterocycles. The van der Waals surface area contributed by atoms with Crippen molar-refractivity contribution in [2.45, 2.75) is 154 Å². The van der Waals surface area contributed by atoms with E-state index in [2.05, 4.69) is 30.8 Å². The Morgan fingerprint density at radius 1 is 0.975 bits per heavy atom. The summed E-state index contributed by atoms with van der Waals surface area (Å²) >= 11 is 1.35. The van der Waals surface area contributed by atoms with Gasteiger partial charge in [-0.15, -0.1) is 11.3 Å². The fourth-order valence-corrected chi connectivity index (χ4v) is 14.7. The van der Waals surface area contributed by atoms with Crippen molar-refractivity contribution in [1.82, 2.24) is 50.3 Å². The van der Waals surface area contributed by atoms with E-state index in [1.54, 1.807) is 19.2 Å². The zero-order valence-corrected chi connectivity index (χ0v) is 47.9. The number of carbonyl (C=O) groups is 4. The molecule has 7 atom stereocenters. The van der Waals surface area contributed by atoms with Gasteiger partial charge in [0.25, 0.3) is 5.91 Å². The fraction of sp³-hybridized carbons (Fsp3) is 0.661. The Labute approximate surface area is 470 Å². The maximum absolute atomic E-state index is 15.2. The van der Waals surface area contributed by atoms with Gasteiger partial charge in [-0.1, -0.05) is 33.8 Å². The maximum Gasteiger partial charge on any atom is 0.406 e. The molecule has 6 bridgehead atoms. The molecule has 5 saturated heterocycles. The third kappa shape index (κ3) is 11.4. The average Bonchev–Trinajstić information content (AvgIpc) is 4.57. The molecule has 3 amide bonds. The first-order chi connectivity index (χ1) is 38.2. The molecule has 6 aliphatic heterocycles. The highest BCUT2D eigenvalue weighted by Gasteiger charge is 2.55. The van der Waals surface area contributed by atoms with Crippen LogP contribution in [0.2, 0.25) is 0 Å². The number of carbonyl (C=O) groups excluding carboxylic acids is 4. The molecule has 432 valence electrons. The van der Waals surface area contributed by atoms with E-state index >= 15 is 13.2 Å². The number of rotatable bonds is 12. The lowest BCUT2D eigenvalue weighted by molar-refractivity contribution is -0.155. The van der Waals surface area contributed by atoms with Gasteiger partial charge in [-0.3, -0.25) is 44.3 Å². The zero-order chi connectivity index (χ0) is 56.0. The van der Waals surface area contributed by atoms with Crippen LogP contribution >= 0.6 is 11.3 Å². The molecule has 21 heteroatoms. The summed E-state index contributed by atoms with van der Waals surface area (Å²) < 4.78 is 58.9. The third-order valence-corrected chi connectivity index (χ3v) is 19.4. The first kappa shape index (κ1) is 55.3. The lowest BCUT2D eigenvalue weighted by Crippen LogP contribution is -2.62. The standard InChI is InChI=1S/C59H78F3N11O6S/c1-34(2)51(70-18-15-58(30-70)16-19-71(31-58)55(76)50-49(66-50)36-9-10-36)53(74)65-44-26-47-64-45(29-80-47)37-11-14-46-40(24-37)42(27-57(4,5)33-79-56(77)43-8-7-17-73(67-43)54(44)75)52(72(46)32-59(60,61)62)41-25-39(28-63-48(41)35(3)78-6)69-22-20-68(21-23-69)38-12-13-38/h11,14,24-25,28-29,34-36,38,43-44,49-51,66-67H,7-10,12-13,15-23,26-27,30-33H2,1-6H3,(H,65,74)/t35-,43-,44-,49?,50+,51?,58-/m0/s1. The molecule has 9 heterocycles. The number of alkyl halides is 3. The average molecular weight is 1130 g/mol. The number of esters is 1. The summed E-state index contributed by atoms with van der Waals surface area (Å²) in [7, 11) is 1.57. The number of piperazine rings is 1. The number of thiazole rings is 1. The van der Waals surface area contributed by atoms with Crippen molar-refractivity contribution in [3.8, 4) is 22.5 Å². The Hall–Kier alpha value is -5.19. The van der Waals surface area contributed by atoms with Crippen LogP contribution in [0, 0.1) is 22.7 Å². The Morgan fingerprint density at radius 3 is 2.48 bits per heavy atom. The summed E-state index contributed by atoms with van der Waals surface area (Å²) in [5.74, 6) is -0.508. The van der Waals surface area contributed by atoms with Crippen molar-refractivity contribution in [3.05, 3.63) is 52.1 Å². The van der Waals surface area contributed by atoms with Crippen molar-refractivity contribution in [2.75, 3.05) is 77.5 Å². The first-order valence-electron chi connectivity index (χ1n) is 29.3. The molecule has 12 rings (SSSR count). The second-order valence-corrected chi connectivity index (χ2v) is 26.5. The number of hydrazine groups is 1. The zero-order valence-electron chi connectivity index (χ0n) is 47.1. The van der Waals surface area contributed by atoms with E-state index in [-0.39, 0.29) is 48.6 Å². The summed E-state index contributed by atoms with van der Waals surface area (Å²) in [5, 5.41) is 11.1. The van der Waals surface area contributed by atoms with Crippen LogP contribution in [0.15, 0.2) is 35.8 Å². The normalized spacial score (nSPS) is 27.7. The number of likely N-dealkylation sites (tertiary alicyclic amines) is 2. The maximum atomic E-state index is 15.2. The molecule has 3 N–H and O–H groups in total. The number of benzene rings is 1. The lowest BCUT2D eigenvalue weighted by Gasteiger charge is -2.37. The van der Waals surface area contributed by atoms with Crippen LogP contribution in [0.1, 0.15) is 108 Å². The molecule has 4 aromatic rings. The highest BCUT2D eigenvalue weighted by atomic mass is 32.1. The van der Waals surface area contributed by atoms with E-state index in [1.807, 2.05) is 63.2 Å². The summed E-state index contributed by atoms with van der Waals surface area (Å²) in [5.41, 5.74) is 6.80. The second kappa shape index (κ2) is 21.5. The molecule has 1 aromatic carbocycles. The van der Waals surface area contributed by atoms with Crippen LogP contribution in [0.3, 0.4) is 0 Å². The van der Waals surface area contributed by atoms with Gasteiger partial charge >= 0.3 is 12.1 Å². The number of ether oxygens (including phenoxy) is 2. The van der Waals surface area contributed by atoms with E-state index < -0.39 is 54.2 Å². The highest BCUT2D eigenvalue weighted by molar-refractivity contribution is 7.10. The minimum absolute atomic E-state index is 0.0542. The van der Waals surface area contributed by atoms with Crippen molar-refractivity contribution >= 4 is 51.6 Å². The van der Waals surface area contributed by atoms with Gasteiger partial charge in [0.05, 0.1) is 52.7 Å². The van der Waals surface area contributed by atoms with Crippen molar-refractivity contribution in [2.24, 2.45) is 22.7 Å². The molecule has 2 unspecified atom stereocenters. The molecule has 7 fully saturated rings. The molecule has 1 spiro atoms. The smallest absolute Gasteiger partial charge is 0.406 e. The van der Waals surface area contributed by atoms with Gasteiger partial charge in [0.15, 0.2) is 0 Å². The number of hydrogen-bond acceptors (Lipinski definition) is 14. The number of hydrogen-bond donors (Lipinski definition) is 3. The number of cyclic esters (lactones) is 1. The van der Waals surface area contributed by atoms with Crippen LogP contribution in [0.4, 0.5) is 18.9 Å². The summed E-state index contributed by atoms with van der Waals surface area (Å²) in [4.78, 5) is 76.7. The fourth-order valence-electron chi connectivity index (χ4n) is 13.8. The minimum Gasteiger partial charge on any atom is -0.464 e. The van der Waals surface area contributed by atoms with E-state index in [9.17, 15) is 19.2 Å². The Morgan fingerprint density at radius 2 is 1.75 bits per heavy atom. The Balaban J connectivity index is 0.881. The number of methoxy groups -OCH3 is 1. The summed E-state index contributed by atoms with van der Waals surface area (Å²) in [6.45, 7) is 14.8. The topological polar surface area (TPSA) is 180 Å². The van der Waals surface area contributed by atoms with Crippen LogP contribution in [0.25, 0.3) is 33.4 Å². The lowest BCUT2D eigenvalue weighted by atomic mass is 9.84. The molecule has 17 nitrogen and oxygen atoms in total. The molecule has 8 aliphatic rings. The van der Waals surface area contributed by atoms with Gasteiger partial charge < -0.3 is 29.2 Å². The number of nitrogens with one attached hydrogen (secondary N) is 3. The predicted octanol–water partition coefficient (Wildman–Crippen LogP) is 6.73. The van der Waals surface area contributed by atoms with Crippen LogP contribution in [-0.4, -0.2) is 173 Å². The van der Waals surface area contributed by atoms with E-state index in [1.165, 1.54) is 46.6 Å². The molecular weight excluding hydrogens is 1050 g/mol. The van der Waals surface area contributed by atoms with Gasteiger partial charge in [-0.2, -0.15) is 13.2 Å². The number of amides is 3. The van der Waals surface area contributed by atoms with Gasteiger partial charge in [-0.05, 0) is 107 Å². The molecular formula is C59H78F3N11O6S. The van der Waals surface area contributed by atoms with Gasteiger partial charge in [0, 0.05) is 116 Å². The monoisotopic (exact) mass is 1130 g/mol. The minimum atomic E-state index is -4.60. The Bertz CT molecular complexity index is 3020. The molecule has 80 heavy (non-hydrogen) atoms. The van der Waals surface area contributed by atoms with Gasteiger partial charge in [-0.25, -0.2) is 10.4 Å². The number of anilines is 1. The van der Waals surface area contributed by atoms with E-state index in [0.29, 0.717) is 113 Å². The third-order valence-electron chi connectivity index (χ3n) is 18.5. The first-order valence-corrected chi connectivity index (χ1v) is 30.1. The van der Waals surface area contributed by atoms with Crippen molar-refractivity contribution in [3.63, 3.8) is 0 Å². The number of aromatic nitrogens is 3. The van der Waals surface area contributed by atoms with Crippen molar-refractivity contribution in [1.29, 1.82) is 0 Å². The quantitative estimate of drug-likeness (QED) is 0.101. The molecule has 2 saturated carbocycles. The number of nitrogens with zero attached hydrogens (tertiary/aromatic N) is 8. The number of fused-ring (bicyclic) bond motifs is 6. The molecule has 2 aliphatic carbocycles. The number of pyridine rings is 1. The van der Waals surface area contributed by atoms with Crippen LogP contribution < -0.4 is 21.0 Å². The Kier molecular flexibility index (Phi) is 14.9. The SMILES string of the molecule is CO[C@@H](C)c1ncc(N2CCN(C3CC3)CC2)cc1-c1c2c3cc(ccc3n1CC(F)(F)F)-c1csc(n1)C[C@H](NC(=O)C(C(C)C)N1CC[C@]3(CCN(C(=O)[C@@H]4NC4C4CC4)C3)C1)C(=O)N1CCC[C@H](N1)C(=O)OCC(C)(C)C2.